The molecule has 3 N–H and O–H groups in total. The first kappa shape index (κ1) is 23.9. The van der Waals surface area contributed by atoms with Gasteiger partial charge in [0.25, 0.3) is 11.9 Å². The zero-order valence-electron chi connectivity index (χ0n) is 17.9. The summed E-state index contributed by atoms with van der Waals surface area (Å²) >= 11 is 0. The number of benzene rings is 1. The van der Waals surface area contributed by atoms with Crippen molar-refractivity contribution in [1.82, 2.24) is 4.98 Å². The number of anilines is 1. The molecule has 2 aliphatic rings. The summed E-state index contributed by atoms with van der Waals surface area (Å²) < 4.78 is 79.0. The predicted octanol–water partition coefficient (Wildman–Crippen LogP) is 3.80. The molecule has 4 rings (SSSR count). The molecule has 0 spiro atoms. The Morgan fingerprint density at radius 1 is 1.29 bits per heavy atom. The summed E-state index contributed by atoms with van der Waals surface area (Å²) in [5, 5.41) is 2.44. The van der Waals surface area contributed by atoms with E-state index in [1.807, 2.05) is 6.92 Å². The fraction of sp³-hybridized carbons (Fsp3) is 0.409. The first-order valence-electron chi connectivity index (χ1n) is 10.4. The molecule has 0 unspecified atom stereocenters. The Labute approximate surface area is 191 Å². The van der Waals surface area contributed by atoms with Gasteiger partial charge in [-0.15, -0.1) is 0 Å². The highest BCUT2D eigenvalue weighted by Gasteiger charge is 2.52. The minimum absolute atomic E-state index is 0.0536. The van der Waals surface area contributed by atoms with Crippen LogP contribution in [0.3, 0.4) is 0 Å². The summed E-state index contributed by atoms with van der Waals surface area (Å²) in [5.41, 5.74) is 2.67. The average Bonchev–Trinajstić information content (AvgIpc) is 2.78. The van der Waals surface area contributed by atoms with Crippen molar-refractivity contribution in [2.45, 2.75) is 37.3 Å². The predicted molar refractivity (Wildman–Crippen MR) is 111 cm³/mol. The number of pyridine rings is 1. The van der Waals surface area contributed by atoms with Crippen LogP contribution < -0.4 is 11.1 Å². The molecule has 1 aromatic heterocycles. The molecule has 4 atom stereocenters. The number of amidine groups is 1. The van der Waals surface area contributed by atoms with E-state index in [2.05, 4.69) is 15.3 Å². The van der Waals surface area contributed by atoms with Crippen LogP contribution in [0.2, 0.25) is 0 Å². The monoisotopic (exact) mass is 484 g/mol. The summed E-state index contributed by atoms with van der Waals surface area (Å²) in [5.74, 6) is -2.29. The summed E-state index contributed by atoms with van der Waals surface area (Å²) in [4.78, 5) is 20.2. The van der Waals surface area contributed by atoms with E-state index in [1.54, 1.807) is 0 Å². The van der Waals surface area contributed by atoms with Crippen LogP contribution >= 0.6 is 0 Å². The van der Waals surface area contributed by atoms with Gasteiger partial charge in [0.2, 0.25) is 0 Å². The third-order valence-corrected chi connectivity index (χ3v) is 5.99. The maximum absolute atomic E-state index is 15.0. The van der Waals surface area contributed by atoms with Crippen LogP contribution in [0.1, 0.15) is 35.0 Å². The molecule has 7 nitrogen and oxygen atoms in total. The largest absolute Gasteiger partial charge is 0.462 e. The number of nitrogens with one attached hydrogen (secondary N) is 1. The van der Waals surface area contributed by atoms with Gasteiger partial charge < -0.3 is 20.5 Å². The molecule has 0 radical (unpaired) electrons. The number of carbonyl (C=O) groups excluding carboxylic acids is 1. The number of amides is 1. The highest BCUT2D eigenvalue weighted by Crippen LogP contribution is 2.45. The van der Waals surface area contributed by atoms with Gasteiger partial charge in [0.05, 0.1) is 24.2 Å². The van der Waals surface area contributed by atoms with Gasteiger partial charge in [0.1, 0.15) is 29.8 Å². The summed E-state index contributed by atoms with van der Waals surface area (Å²) in [6.45, 7) is 0.771. The van der Waals surface area contributed by atoms with Crippen LogP contribution in [0.5, 0.6) is 0 Å². The lowest BCUT2D eigenvalue weighted by Crippen LogP contribution is -2.55. The van der Waals surface area contributed by atoms with E-state index in [0.717, 1.165) is 18.2 Å². The number of alkyl halides is 4. The Bertz CT molecular complexity index is 1110. The van der Waals surface area contributed by atoms with Crippen molar-refractivity contribution < 1.29 is 36.2 Å². The van der Waals surface area contributed by atoms with Gasteiger partial charge in [-0.3, -0.25) is 9.78 Å². The quantitative estimate of drug-likeness (QED) is 0.644. The molecule has 34 heavy (non-hydrogen) atoms. The van der Waals surface area contributed by atoms with Crippen molar-refractivity contribution in [3.8, 4) is 0 Å². The van der Waals surface area contributed by atoms with Gasteiger partial charge in [-0.1, -0.05) is 0 Å². The second-order valence-electron chi connectivity index (χ2n) is 8.23. The highest BCUT2D eigenvalue weighted by atomic mass is 19.4. The number of halogens is 5. The van der Waals surface area contributed by atoms with Gasteiger partial charge in [-0.25, -0.2) is 13.8 Å². The number of nitrogens with zero attached hydrogens (tertiary/aromatic N) is 2. The number of aromatic nitrogens is 1. The van der Waals surface area contributed by atoms with Crippen molar-refractivity contribution in [3.05, 3.63) is 59.2 Å². The van der Waals surface area contributed by atoms with Crippen LogP contribution in [0.15, 0.2) is 41.5 Å². The van der Waals surface area contributed by atoms with Gasteiger partial charge >= 0.3 is 6.18 Å². The first-order valence-corrected chi connectivity index (χ1v) is 10.4. The Morgan fingerprint density at radius 2 is 2.06 bits per heavy atom. The second-order valence-corrected chi connectivity index (χ2v) is 8.23. The standard InChI is InChI=1S/C22H21F5N4O3/c1-11-6-18-15(9-33-11)21(10-23,31-20(28)34-18)14-7-13(3-4-16(14)24)30-19(32)17-5-2-12(8-29-17)22(25,26)27/h2-5,7-8,11,15,18H,6,9-10H2,1H3,(H2,28,31)(H,30,32)/t11-,15+,18-,21-/m1/s1. The minimum atomic E-state index is -4.60. The van der Waals surface area contributed by atoms with Crippen LogP contribution in [-0.4, -0.2) is 42.4 Å². The SMILES string of the molecule is C[C@@H]1C[C@H]2OC(N)=N[C@](CF)(c3cc(NC(=O)c4ccc(C(F)(F)F)cn4)ccc3F)[C@H]2CO1. The Hall–Kier alpha value is -3.28. The van der Waals surface area contributed by atoms with Gasteiger partial charge in [0, 0.05) is 23.9 Å². The number of fused-ring (bicyclic) bond motifs is 1. The van der Waals surface area contributed by atoms with E-state index in [9.17, 15) is 26.7 Å². The van der Waals surface area contributed by atoms with Crippen molar-refractivity contribution in [3.63, 3.8) is 0 Å². The number of hydrogen-bond acceptors (Lipinski definition) is 6. The van der Waals surface area contributed by atoms with Crippen molar-refractivity contribution in [2.24, 2.45) is 16.6 Å². The van der Waals surface area contributed by atoms with Crippen molar-refractivity contribution in [2.75, 3.05) is 18.6 Å². The maximum Gasteiger partial charge on any atom is 0.417 e. The molecule has 1 fully saturated rings. The summed E-state index contributed by atoms with van der Waals surface area (Å²) in [6, 6.07) is 4.84. The third-order valence-electron chi connectivity index (χ3n) is 5.99. The lowest BCUT2D eigenvalue weighted by molar-refractivity contribution is -0.137. The second kappa shape index (κ2) is 8.82. The third kappa shape index (κ3) is 4.41. The van der Waals surface area contributed by atoms with E-state index in [4.69, 9.17) is 15.2 Å². The van der Waals surface area contributed by atoms with Crippen LogP contribution in [0.4, 0.5) is 27.6 Å². The zero-order chi connectivity index (χ0) is 24.7. The van der Waals surface area contributed by atoms with Crippen LogP contribution in [0, 0.1) is 11.7 Å². The Kier molecular flexibility index (Phi) is 6.19. The minimum Gasteiger partial charge on any atom is -0.462 e. The van der Waals surface area contributed by atoms with E-state index in [0.29, 0.717) is 12.6 Å². The Balaban J connectivity index is 1.65. The molecule has 2 aliphatic heterocycles. The number of ether oxygens (including phenoxy) is 2. The van der Waals surface area contributed by atoms with E-state index in [1.165, 1.54) is 12.1 Å². The molecular weight excluding hydrogens is 463 g/mol. The summed E-state index contributed by atoms with van der Waals surface area (Å²) in [6.07, 6.45) is -4.38. The smallest absolute Gasteiger partial charge is 0.417 e. The fourth-order valence-corrected chi connectivity index (χ4v) is 4.26. The molecule has 1 amide bonds. The maximum atomic E-state index is 15.0. The number of aliphatic imine (C=N–C) groups is 1. The van der Waals surface area contributed by atoms with Crippen LogP contribution in [-0.2, 0) is 21.2 Å². The van der Waals surface area contributed by atoms with E-state index < -0.39 is 47.7 Å². The topological polar surface area (TPSA) is 98.8 Å². The van der Waals surface area contributed by atoms with Gasteiger partial charge in [0.15, 0.2) is 0 Å². The molecule has 1 aromatic carbocycles. The molecule has 182 valence electrons. The molecule has 3 heterocycles. The number of rotatable bonds is 4. The van der Waals surface area contributed by atoms with Crippen LogP contribution in [0.25, 0.3) is 0 Å². The molecule has 1 saturated heterocycles. The molecule has 0 bridgehead atoms. The first-order chi connectivity index (χ1) is 16.0. The average molecular weight is 484 g/mol. The molecule has 0 saturated carbocycles. The normalized spacial score (nSPS) is 26.8. The van der Waals surface area contributed by atoms with E-state index >= 15 is 0 Å². The van der Waals surface area contributed by atoms with Gasteiger partial charge in [-0.05, 0) is 37.3 Å². The zero-order valence-corrected chi connectivity index (χ0v) is 17.9. The van der Waals surface area contributed by atoms with Crippen molar-refractivity contribution in [1.29, 1.82) is 0 Å². The number of hydrogen-bond donors (Lipinski definition) is 2. The summed E-state index contributed by atoms with van der Waals surface area (Å²) in [7, 11) is 0. The molecular formula is C22H21F5N4O3. The van der Waals surface area contributed by atoms with E-state index in [-0.39, 0.29) is 35.7 Å². The van der Waals surface area contributed by atoms with Crippen molar-refractivity contribution >= 4 is 17.6 Å². The number of nitrogens with two attached hydrogens (primary N) is 1. The molecule has 12 heteroatoms. The number of carbonyl (C=O) groups is 1. The van der Waals surface area contributed by atoms with Gasteiger partial charge in [-0.2, -0.15) is 13.2 Å². The highest BCUT2D eigenvalue weighted by molar-refractivity contribution is 6.02. The lowest BCUT2D eigenvalue weighted by Gasteiger charge is -2.46. The fourth-order valence-electron chi connectivity index (χ4n) is 4.26. The Morgan fingerprint density at radius 3 is 2.71 bits per heavy atom. The molecule has 2 aromatic rings. The molecule has 0 aliphatic carbocycles. The lowest BCUT2D eigenvalue weighted by atomic mass is 9.73.